The van der Waals surface area contributed by atoms with Gasteiger partial charge in [0.25, 0.3) is 5.91 Å². The summed E-state index contributed by atoms with van der Waals surface area (Å²) in [4.78, 5) is 15.0. The van der Waals surface area contributed by atoms with E-state index in [-0.39, 0.29) is 11.9 Å². The van der Waals surface area contributed by atoms with Gasteiger partial charge < -0.3 is 14.2 Å². The van der Waals surface area contributed by atoms with Crippen LogP contribution in [0, 0.1) is 13.8 Å². The van der Waals surface area contributed by atoms with Gasteiger partial charge in [-0.2, -0.15) is 0 Å². The minimum absolute atomic E-state index is 0.0124. The lowest BCUT2D eigenvalue weighted by molar-refractivity contribution is 0.0690. The smallest absolute Gasteiger partial charge is 0.254 e. The van der Waals surface area contributed by atoms with Crippen molar-refractivity contribution >= 4 is 5.91 Å². The molecule has 0 spiro atoms. The second kappa shape index (κ2) is 8.74. The third kappa shape index (κ3) is 4.60. The van der Waals surface area contributed by atoms with Crippen LogP contribution in [-0.4, -0.2) is 22.0 Å². The average Bonchev–Trinajstić information content (AvgIpc) is 3.02. The average molecular weight is 378 g/mol. The molecule has 0 unspecified atom stereocenters. The van der Waals surface area contributed by atoms with Gasteiger partial charge in [-0.1, -0.05) is 41.6 Å². The van der Waals surface area contributed by atoms with Crippen molar-refractivity contribution in [3.05, 3.63) is 82.7 Å². The quantitative estimate of drug-likeness (QED) is 0.585. The minimum Gasteiger partial charge on any atom is -0.489 e. The first kappa shape index (κ1) is 19.7. The van der Waals surface area contributed by atoms with Crippen LogP contribution in [0.4, 0.5) is 0 Å². The van der Waals surface area contributed by atoms with Gasteiger partial charge in [-0.3, -0.25) is 4.79 Å². The summed E-state index contributed by atoms with van der Waals surface area (Å²) in [6.07, 6.45) is 0. The molecule has 28 heavy (non-hydrogen) atoms. The number of hydrogen-bond acceptors (Lipinski definition) is 4. The molecular formula is C23H26N2O3. The highest BCUT2D eigenvalue weighted by atomic mass is 16.5. The summed E-state index contributed by atoms with van der Waals surface area (Å²) in [6.45, 7) is 8.73. The first-order valence-electron chi connectivity index (χ1n) is 9.45. The molecule has 0 saturated carbocycles. The minimum atomic E-state index is -0.0124. The Bertz CT molecular complexity index is 913. The van der Waals surface area contributed by atoms with Crippen LogP contribution in [0.2, 0.25) is 0 Å². The van der Waals surface area contributed by atoms with Crippen molar-refractivity contribution in [1.82, 2.24) is 10.1 Å². The Morgan fingerprint density at radius 3 is 2.50 bits per heavy atom. The van der Waals surface area contributed by atoms with Gasteiger partial charge in [-0.15, -0.1) is 0 Å². The van der Waals surface area contributed by atoms with E-state index in [0.29, 0.717) is 24.5 Å². The van der Waals surface area contributed by atoms with Crippen LogP contribution in [0.3, 0.4) is 0 Å². The first-order valence-corrected chi connectivity index (χ1v) is 9.45. The van der Waals surface area contributed by atoms with Gasteiger partial charge >= 0.3 is 0 Å². The number of ether oxygens (including phenoxy) is 1. The summed E-state index contributed by atoms with van der Waals surface area (Å²) >= 11 is 0. The van der Waals surface area contributed by atoms with E-state index in [9.17, 15) is 4.79 Å². The third-order valence-electron chi connectivity index (χ3n) is 4.73. The zero-order valence-electron chi connectivity index (χ0n) is 16.8. The topological polar surface area (TPSA) is 55.6 Å². The molecule has 1 heterocycles. The summed E-state index contributed by atoms with van der Waals surface area (Å²) in [6, 6.07) is 17.4. The number of rotatable bonds is 7. The third-order valence-corrected chi connectivity index (χ3v) is 4.73. The molecule has 1 aromatic heterocycles. The lowest BCUT2D eigenvalue weighted by Crippen LogP contribution is -2.36. The molecule has 1 amide bonds. The molecule has 0 aliphatic heterocycles. The Morgan fingerprint density at radius 2 is 1.86 bits per heavy atom. The Hall–Kier alpha value is -3.08. The molecule has 0 radical (unpaired) electrons. The van der Waals surface area contributed by atoms with Crippen LogP contribution in [0.1, 0.15) is 46.8 Å². The molecule has 0 bridgehead atoms. The molecule has 5 nitrogen and oxygen atoms in total. The van der Waals surface area contributed by atoms with E-state index < -0.39 is 0 Å². The maximum atomic E-state index is 13.1. The van der Waals surface area contributed by atoms with Crippen molar-refractivity contribution < 1.29 is 14.1 Å². The molecule has 146 valence electrons. The van der Waals surface area contributed by atoms with E-state index in [1.807, 2.05) is 81.1 Å². The van der Waals surface area contributed by atoms with Crippen molar-refractivity contribution in [3.8, 4) is 5.75 Å². The Balaban J connectivity index is 1.74. The lowest BCUT2D eigenvalue weighted by Gasteiger charge is -2.27. The summed E-state index contributed by atoms with van der Waals surface area (Å²) < 4.78 is 11.1. The summed E-state index contributed by atoms with van der Waals surface area (Å²) in [7, 11) is 0. The molecule has 2 aromatic carbocycles. The lowest BCUT2D eigenvalue weighted by atomic mass is 10.1. The highest BCUT2D eigenvalue weighted by Gasteiger charge is 2.20. The zero-order chi connectivity index (χ0) is 20.1. The standard InChI is InChI=1S/C23H26N2O3/c1-16(2)25(14-19-9-6-5-7-10-19)23(26)20-11-8-12-21(13-20)27-15-22-17(3)24-28-18(22)4/h5-13,16H,14-15H2,1-4H3. The largest absolute Gasteiger partial charge is 0.489 e. The van der Waals surface area contributed by atoms with E-state index >= 15 is 0 Å². The summed E-state index contributed by atoms with van der Waals surface area (Å²) in [5, 5.41) is 3.94. The monoisotopic (exact) mass is 378 g/mol. The molecule has 0 aliphatic rings. The molecule has 3 rings (SSSR count). The molecule has 0 N–H and O–H groups in total. The summed E-state index contributed by atoms with van der Waals surface area (Å²) in [5.41, 5.74) is 3.47. The van der Waals surface area contributed by atoms with Crippen molar-refractivity contribution in [2.24, 2.45) is 0 Å². The number of benzene rings is 2. The molecule has 0 fully saturated rings. The number of amides is 1. The van der Waals surface area contributed by atoms with Crippen molar-refractivity contribution in [2.45, 2.75) is 46.9 Å². The molecule has 0 aliphatic carbocycles. The fraction of sp³-hybridized carbons (Fsp3) is 0.304. The Morgan fingerprint density at radius 1 is 1.11 bits per heavy atom. The van der Waals surface area contributed by atoms with Gasteiger partial charge in [0, 0.05) is 18.2 Å². The van der Waals surface area contributed by atoms with Gasteiger partial charge in [0.2, 0.25) is 0 Å². The molecule has 0 atom stereocenters. The fourth-order valence-electron chi connectivity index (χ4n) is 3.02. The van der Waals surface area contributed by atoms with Crippen LogP contribution < -0.4 is 4.74 Å². The fourth-order valence-corrected chi connectivity index (χ4v) is 3.02. The maximum absolute atomic E-state index is 13.1. The van der Waals surface area contributed by atoms with Crippen molar-refractivity contribution in [1.29, 1.82) is 0 Å². The van der Waals surface area contributed by atoms with E-state index in [4.69, 9.17) is 9.26 Å². The number of hydrogen-bond donors (Lipinski definition) is 0. The van der Waals surface area contributed by atoms with E-state index in [0.717, 1.165) is 22.6 Å². The molecule has 5 heteroatoms. The molecule has 3 aromatic rings. The number of carbonyl (C=O) groups excluding carboxylic acids is 1. The Kier molecular flexibility index (Phi) is 6.14. The molecular weight excluding hydrogens is 352 g/mol. The van der Waals surface area contributed by atoms with Crippen LogP contribution in [-0.2, 0) is 13.2 Å². The second-order valence-corrected chi connectivity index (χ2v) is 7.13. The van der Waals surface area contributed by atoms with Crippen LogP contribution in [0.5, 0.6) is 5.75 Å². The zero-order valence-corrected chi connectivity index (χ0v) is 16.8. The van der Waals surface area contributed by atoms with Crippen molar-refractivity contribution in [3.63, 3.8) is 0 Å². The first-order chi connectivity index (χ1) is 13.5. The maximum Gasteiger partial charge on any atom is 0.254 e. The van der Waals surface area contributed by atoms with Crippen LogP contribution >= 0.6 is 0 Å². The highest BCUT2D eigenvalue weighted by molar-refractivity contribution is 5.94. The van der Waals surface area contributed by atoms with E-state index in [2.05, 4.69) is 5.16 Å². The van der Waals surface area contributed by atoms with Crippen LogP contribution in [0.25, 0.3) is 0 Å². The normalized spacial score (nSPS) is 10.9. The van der Waals surface area contributed by atoms with Gasteiger partial charge in [-0.05, 0) is 51.5 Å². The van der Waals surface area contributed by atoms with Gasteiger partial charge in [0.05, 0.1) is 11.3 Å². The van der Waals surface area contributed by atoms with E-state index in [1.165, 1.54) is 0 Å². The Labute approximate surface area is 165 Å². The number of carbonyl (C=O) groups is 1. The summed E-state index contributed by atoms with van der Waals surface area (Å²) in [5.74, 6) is 1.38. The van der Waals surface area contributed by atoms with Gasteiger partial charge in [0.15, 0.2) is 0 Å². The van der Waals surface area contributed by atoms with Gasteiger partial charge in [-0.25, -0.2) is 0 Å². The SMILES string of the molecule is Cc1noc(C)c1COc1cccc(C(=O)N(Cc2ccccc2)C(C)C)c1. The van der Waals surface area contributed by atoms with Gasteiger partial charge in [0.1, 0.15) is 18.1 Å². The van der Waals surface area contributed by atoms with E-state index in [1.54, 1.807) is 6.07 Å². The number of nitrogens with zero attached hydrogens (tertiary/aromatic N) is 2. The molecule has 0 saturated heterocycles. The predicted molar refractivity (Wildman–Crippen MR) is 108 cm³/mol. The highest BCUT2D eigenvalue weighted by Crippen LogP contribution is 2.20. The number of aryl methyl sites for hydroxylation is 2. The second-order valence-electron chi connectivity index (χ2n) is 7.13. The van der Waals surface area contributed by atoms with Crippen molar-refractivity contribution in [2.75, 3.05) is 0 Å². The van der Waals surface area contributed by atoms with Crippen LogP contribution in [0.15, 0.2) is 59.1 Å². The number of aromatic nitrogens is 1. The predicted octanol–water partition coefficient (Wildman–Crippen LogP) is 4.92.